The normalized spacial score (nSPS) is 22.6. The summed E-state index contributed by atoms with van der Waals surface area (Å²) < 4.78 is 6.77. The van der Waals surface area contributed by atoms with Crippen molar-refractivity contribution in [3.05, 3.63) is 28.7 Å². The second kappa shape index (κ2) is 4.83. The van der Waals surface area contributed by atoms with Gasteiger partial charge in [0.15, 0.2) is 0 Å². The standard InChI is InChI=1S/C14H18BrNO2/c15-11-1-3-13(4-2-11)18-6-5-16-9-14(10-16)7-12(17)8-14/h1-4,12,17H,5-10H2. The van der Waals surface area contributed by atoms with E-state index in [9.17, 15) is 5.11 Å². The molecule has 0 radical (unpaired) electrons. The van der Waals surface area contributed by atoms with Crippen LogP contribution in [0.4, 0.5) is 0 Å². The van der Waals surface area contributed by atoms with E-state index < -0.39 is 0 Å². The third kappa shape index (κ3) is 2.56. The van der Waals surface area contributed by atoms with Crippen LogP contribution in [0.25, 0.3) is 0 Å². The van der Waals surface area contributed by atoms with Gasteiger partial charge in [0, 0.05) is 29.5 Å². The van der Waals surface area contributed by atoms with E-state index in [0.29, 0.717) is 5.41 Å². The van der Waals surface area contributed by atoms with Crippen LogP contribution in [0, 0.1) is 5.41 Å². The van der Waals surface area contributed by atoms with Crippen LogP contribution < -0.4 is 4.74 Å². The van der Waals surface area contributed by atoms with Gasteiger partial charge in [0.25, 0.3) is 0 Å². The number of hydrogen-bond donors (Lipinski definition) is 1. The summed E-state index contributed by atoms with van der Waals surface area (Å²) in [6.07, 6.45) is 1.96. The highest BCUT2D eigenvalue weighted by Gasteiger charge is 2.51. The first kappa shape index (κ1) is 12.5. The van der Waals surface area contributed by atoms with E-state index >= 15 is 0 Å². The number of hydrogen-bond acceptors (Lipinski definition) is 3. The molecule has 2 fully saturated rings. The smallest absolute Gasteiger partial charge is 0.119 e. The third-order valence-electron chi connectivity index (χ3n) is 3.95. The largest absolute Gasteiger partial charge is 0.492 e. The van der Waals surface area contributed by atoms with E-state index in [0.717, 1.165) is 49.3 Å². The van der Waals surface area contributed by atoms with Crippen LogP contribution in [-0.4, -0.2) is 42.4 Å². The predicted octanol–water partition coefficient (Wildman–Crippen LogP) is 2.28. The summed E-state index contributed by atoms with van der Waals surface area (Å²) in [7, 11) is 0. The summed E-state index contributed by atoms with van der Waals surface area (Å²) in [5.41, 5.74) is 0.455. The molecule has 18 heavy (non-hydrogen) atoms. The lowest BCUT2D eigenvalue weighted by Crippen LogP contribution is -2.64. The van der Waals surface area contributed by atoms with Crippen LogP contribution in [0.2, 0.25) is 0 Å². The summed E-state index contributed by atoms with van der Waals surface area (Å²) in [6.45, 7) is 3.98. The van der Waals surface area contributed by atoms with Crippen molar-refractivity contribution in [1.82, 2.24) is 4.90 Å². The van der Waals surface area contributed by atoms with Crippen LogP contribution in [0.5, 0.6) is 5.75 Å². The van der Waals surface area contributed by atoms with E-state index in [-0.39, 0.29) is 6.10 Å². The molecule has 0 unspecified atom stereocenters. The topological polar surface area (TPSA) is 32.7 Å². The highest BCUT2D eigenvalue weighted by atomic mass is 79.9. The number of halogens is 1. The lowest BCUT2D eigenvalue weighted by Gasteiger charge is -2.57. The fourth-order valence-corrected chi connectivity index (χ4v) is 3.35. The molecule has 0 bridgehead atoms. The number of benzene rings is 1. The second-order valence-electron chi connectivity index (χ2n) is 5.58. The molecule has 4 heteroatoms. The Hall–Kier alpha value is -0.580. The molecular formula is C14H18BrNO2. The molecular weight excluding hydrogens is 294 g/mol. The first-order chi connectivity index (χ1) is 8.65. The molecule has 3 rings (SSSR count). The maximum Gasteiger partial charge on any atom is 0.119 e. The zero-order valence-electron chi connectivity index (χ0n) is 10.3. The molecule has 3 nitrogen and oxygen atoms in total. The summed E-state index contributed by atoms with van der Waals surface area (Å²) in [4.78, 5) is 2.41. The molecule has 2 aliphatic rings. The Morgan fingerprint density at radius 3 is 2.56 bits per heavy atom. The molecule has 0 aromatic heterocycles. The lowest BCUT2D eigenvalue weighted by atomic mass is 9.62. The highest BCUT2D eigenvalue weighted by Crippen LogP contribution is 2.47. The Morgan fingerprint density at radius 1 is 1.28 bits per heavy atom. The average Bonchev–Trinajstić information content (AvgIpc) is 2.26. The third-order valence-corrected chi connectivity index (χ3v) is 4.47. The van der Waals surface area contributed by atoms with Crippen molar-refractivity contribution in [2.45, 2.75) is 18.9 Å². The number of aliphatic hydroxyl groups excluding tert-OH is 1. The average molecular weight is 312 g/mol. The number of aliphatic hydroxyl groups is 1. The Morgan fingerprint density at radius 2 is 1.94 bits per heavy atom. The molecule has 1 saturated heterocycles. The molecule has 1 N–H and O–H groups in total. The van der Waals surface area contributed by atoms with Crippen molar-refractivity contribution in [2.75, 3.05) is 26.2 Å². The van der Waals surface area contributed by atoms with Gasteiger partial charge in [0.05, 0.1) is 6.10 Å². The van der Waals surface area contributed by atoms with Crippen molar-refractivity contribution >= 4 is 15.9 Å². The van der Waals surface area contributed by atoms with Crippen molar-refractivity contribution < 1.29 is 9.84 Å². The van der Waals surface area contributed by atoms with E-state index in [1.54, 1.807) is 0 Å². The van der Waals surface area contributed by atoms with Crippen LogP contribution >= 0.6 is 15.9 Å². The Balaban J connectivity index is 1.35. The molecule has 1 spiro atoms. The molecule has 1 aliphatic heterocycles. The molecule has 1 aromatic carbocycles. The van der Waals surface area contributed by atoms with Crippen LogP contribution in [-0.2, 0) is 0 Å². The van der Waals surface area contributed by atoms with E-state index in [1.165, 1.54) is 0 Å². The van der Waals surface area contributed by atoms with Gasteiger partial charge in [-0.25, -0.2) is 0 Å². The Bertz CT molecular complexity index is 406. The first-order valence-electron chi connectivity index (χ1n) is 6.44. The van der Waals surface area contributed by atoms with Gasteiger partial charge in [0.2, 0.25) is 0 Å². The molecule has 1 heterocycles. The monoisotopic (exact) mass is 311 g/mol. The Labute approximate surface area is 116 Å². The van der Waals surface area contributed by atoms with Gasteiger partial charge in [-0.15, -0.1) is 0 Å². The summed E-state index contributed by atoms with van der Waals surface area (Å²) in [5.74, 6) is 0.924. The van der Waals surface area contributed by atoms with Crippen molar-refractivity contribution in [3.8, 4) is 5.75 Å². The minimum atomic E-state index is -0.0360. The lowest BCUT2D eigenvalue weighted by molar-refractivity contribution is -0.129. The molecule has 1 saturated carbocycles. The number of ether oxygens (including phenoxy) is 1. The van der Waals surface area contributed by atoms with E-state index in [1.807, 2.05) is 24.3 Å². The van der Waals surface area contributed by atoms with Crippen molar-refractivity contribution in [2.24, 2.45) is 5.41 Å². The molecule has 1 aliphatic carbocycles. The van der Waals surface area contributed by atoms with Crippen LogP contribution in [0.3, 0.4) is 0 Å². The summed E-state index contributed by atoms with van der Waals surface area (Å²) in [5, 5.41) is 9.33. The zero-order valence-corrected chi connectivity index (χ0v) is 11.9. The van der Waals surface area contributed by atoms with Crippen LogP contribution in [0.15, 0.2) is 28.7 Å². The van der Waals surface area contributed by atoms with Gasteiger partial charge in [0.1, 0.15) is 12.4 Å². The molecule has 98 valence electrons. The minimum absolute atomic E-state index is 0.0360. The Kier molecular flexibility index (Phi) is 3.34. The summed E-state index contributed by atoms with van der Waals surface area (Å²) >= 11 is 3.40. The van der Waals surface area contributed by atoms with Crippen molar-refractivity contribution in [1.29, 1.82) is 0 Å². The van der Waals surface area contributed by atoms with Gasteiger partial charge >= 0.3 is 0 Å². The predicted molar refractivity (Wildman–Crippen MR) is 73.8 cm³/mol. The van der Waals surface area contributed by atoms with Gasteiger partial charge in [-0.3, -0.25) is 4.90 Å². The van der Waals surface area contributed by atoms with E-state index in [4.69, 9.17) is 4.74 Å². The first-order valence-corrected chi connectivity index (χ1v) is 7.23. The van der Waals surface area contributed by atoms with Crippen molar-refractivity contribution in [3.63, 3.8) is 0 Å². The van der Waals surface area contributed by atoms with Gasteiger partial charge < -0.3 is 9.84 Å². The SMILES string of the molecule is OC1CC2(C1)CN(CCOc1ccc(Br)cc1)C2. The van der Waals surface area contributed by atoms with Gasteiger partial charge in [-0.1, -0.05) is 15.9 Å². The maximum absolute atomic E-state index is 9.33. The quantitative estimate of drug-likeness (QED) is 0.926. The second-order valence-corrected chi connectivity index (χ2v) is 6.49. The summed E-state index contributed by atoms with van der Waals surface area (Å²) in [6, 6.07) is 7.93. The zero-order chi connectivity index (χ0) is 12.6. The number of likely N-dealkylation sites (tertiary alicyclic amines) is 1. The number of nitrogens with zero attached hydrogens (tertiary/aromatic N) is 1. The fourth-order valence-electron chi connectivity index (χ4n) is 3.08. The highest BCUT2D eigenvalue weighted by molar-refractivity contribution is 9.10. The molecule has 0 amide bonds. The number of rotatable bonds is 4. The van der Waals surface area contributed by atoms with Gasteiger partial charge in [-0.05, 0) is 37.1 Å². The molecule has 1 aromatic rings. The van der Waals surface area contributed by atoms with Crippen LogP contribution in [0.1, 0.15) is 12.8 Å². The molecule has 0 atom stereocenters. The fraction of sp³-hybridized carbons (Fsp3) is 0.571. The van der Waals surface area contributed by atoms with Gasteiger partial charge in [-0.2, -0.15) is 0 Å². The maximum atomic E-state index is 9.33. The minimum Gasteiger partial charge on any atom is -0.492 e. The van der Waals surface area contributed by atoms with E-state index in [2.05, 4.69) is 20.8 Å².